The molecule has 9 heteroatoms. The maximum Gasteiger partial charge on any atom is 0.288 e. The molecule has 2 rings (SSSR count). The van der Waals surface area contributed by atoms with Gasteiger partial charge in [0, 0.05) is 13.2 Å². The maximum absolute atomic E-state index is 12.6. The summed E-state index contributed by atoms with van der Waals surface area (Å²) in [4.78, 5) is 26.8. The van der Waals surface area contributed by atoms with Crippen molar-refractivity contribution < 1.29 is 23.9 Å². The number of nitrogens with one attached hydrogen (secondary N) is 1. The molecular formula is C19H23N3O6. The van der Waals surface area contributed by atoms with Gasteiger partial charge in [0.2, 0.25) is 0 Å². The molecule has 1 aromatic carbocycles. The van der Waals surface area contributed by atoms with Crippen LogP contribution in [0.4, 0.5) is 5.69 Å². The molecule has 0 spiro atoms. The summed E-state index contributed by atoms with van der Waals surface area (Å²) in [5.41, 5.74) is 1.13. The molecule has 1 heterocycles. The van der Waals surface area contributed by atoms with Crippen molar-refractivity contribution in [3.63, 3.8) is 0 Å². The molecule has 0 aliphatic heterocycles. The molecule has 1 aromatic heterocycles. The predicted molar refractivity (Wildman–Crippen MR) is 102 cm³/mol. The average Bonchev–Trinajstić information content (AvgIpc) is 2.68. The van der Waals surface area contributed by atoms with E-state index >= 15 is 0 Å². The summed E-state index contributed by atoms with van der Waals surface area (Å²) in [7, 11) is 3.12. The Hall–Kier alpha value is -3.20. The van der Waals surface area contributed by atoms with Gasteiger partial charge < -0.3 is 19.5 Å². The van der Waals surface area contributed by atoms with Crippen LogP contribution in [0.5, 0.6) is 11.5 Å². The SMILES string of the molecule is COCCOc1ccc(C(C)NC(=O)c2cc([N+](=O)[O-])cnc2C)cc1OC. The fourth-order valence-electron chi connectivity index (χ4n) is 2.52. The van der Waals surface area contributed by atoms with E-state index in [1.165, 1.54) is 13.2 Å². The van der Waals surface area contributed by atoms with Crippen molar-refractivity contribution in [1.29, 1.82) is 0 Å². The monoisotopic (exact) mass is 389 g/mol. The van der Waals surface area contributed by atoms with Gasteiger partial charge >= 0.3 is 0 Å². The molecule has 0 bridgehead atoms. The van der Waals surface area contributed by atoms with E-state index < -0.39 is 10.8 Å². The minimum atomic E-state index is -0.584. The smallest absolute Gasteiger partial charge is 0.288 e. The molecule has 0 aliphatic rings. The molecule has 0 aliphatic carbocycles. The summed E-state index contributed by atoms with van der Waals surface area (Å²) < 4.78 is 15.9. The first kappa shape index (κ1) is 21.1. The number of hydrogen-bond donors (Lipinski definition) is 1. The van der Waals surface area contributed by atoms with Crippen molar-refractivity contribution in [2.45, 2.75) is 19.9 Å². The summed E-state index contributed by atoms with van der Waals surface area (Å²) in [6.45, 7) is 4.27. The number of methoxy groups -OCH3 is 2. The van der Waals surface area contributed by atoms with Gasteiger partial charge in [-0.2, -0.15) is 0 Å². The van der Waals surface area contributed by atoms with Crippen molar-refractivity contribution in [2.24, 2.45) is 0 Å². The van der Waals surface area contributed by atoms with E-state index in [1.807, 2.05) is 6.07 Å². The summed E-state index contributed by atoms with van der Waals surface area (Å²) in [6.07, 6.45) is 1.13. The van der Waals surface area contributed by atoms with E-state index in [0.29, 0.717) is 30.4 Å². The largest absolute Gasteiger partial charge is 0.493 e. The standard InChI is InChI=1S/C19H23N3O6/c1-12(14-5-6-17(18(9-14)27-4)28-8-7-26-3)21-19(23)16-10-15(22(24)25)11-20-13(16)2/h5-6,9-12H,7-8H2,1-4H3,(H,21,23). The van der Waals surface area contributed by atoms with E-state index in [0.717, 1.165) is 11.8 Å². The van der Waals surface area contributed by atoms with E-state index in [1.54, 1.807) is 33.1 Å². The zero-order chi connectivity index (χ0) is 20.7. The first-order chi connectivity index (χ1) is 13.4. The van der Waals surface area contributed by atoms with Crippen molar-refractivity contribution in [2.75, 3.05) is 27.4 Å². The van der Waals surface area contributed by atoms with Crippen LogP contribution in [0.3, 0.4) is 0 Å². The summed E-state index contributed by atoms with van der Waals surface area (Å²) in [5.74, 6) is 0.657. The molecule has 0 fully saturated rings. The Morgan fingerprint density at radius 2 is 2.00 bits per heavy atom. The number of nitro groups is 1. The van der Waals surface area contributed by atoms with Gasteiger partial charge in [0.05, 0.1) is 35.9 Å². The average molecular weight is 389 g/mol. The number of aromatic nitrogens is 1. The van der Waals surface area contributed by atoms with Crippen LogP contribution in [-0.4, -0.2) is 43.2 Å². The van der Waals surface area contributed by atoms with Crippen LogP contribution < -0.4 is 14.8 Å². The number of carbonyl (C=O) groups excluding carboxylic acids is 1. The minimum absolute atomic E-state index is 0.160. The Kier molecular flexibility index (Phi) is 7.28. The second-order valence-electron chi connectivity index (χ2n) is 6.03. The predicted octanol–water partition coefficient (Wildman–Crippen LogP) is 2.82. The van der Waals surface area contributed by atoms with Gasteiger partial charge in [-0.05, 0) is 31.5 Å². The molecule has 150 valence electrons. The van der Waals surface area contributed by atoms with Gasteiger partial charge in [0.15, 0.2) is 11.5 Å². The summed E-state index contributed by atoms with van der Waals surface area (Å²) >= 11 is 0. The van der Waals surface area contributed by atoms with Crippen LogP contribution in [0.2, 0.25) is 0 Å². The topological polar surface area (TPSA) is 113 Å². The first-order valence-corrected chi connectivity index (χ1v) is 8.59. The molecule has 28 heavy (non-hydrogen) atoms. The van der Waals surface area contributed by atoms with Crippen molar-refractivity contribution in [3.05, 3.63) is 57.4 Å². The van der Waals surface area contributed by atoms with Gasteiger partial charge in [-0.3, -0.25) is 19.9 Å². The van der Waals surface area contributed by atoms with Crippen molar-refractivity contribution in [1.82, 2.24) is 10.3 Å². The summed E-state index contributed by atoms with van der Waals surface area (Å²) in [6, 6.07) is 6.19. The molecule has 1 unspecified atom stereocenters. The lowest BCUT2D eigenvalue weighted by molar-refractivity contribution is -0.385. The third-order valence-corrected chi connectivity index (χ3v) is 4.11. The Morgan fingerprint density at radius 1 is 1.25 bits per heavy atom. The van der Waals surface area contributed by atoms with Crippen LogP contribution >= 0.6 is 0 Å². The molecule has 1 N–H and O–H groups in total. The molecule has 0 saturated heterocycles. The fraction of sp³-hybridized carbons (Fsp3) is 0.368. The van der Waals surface area contributed by atoms with Crippen LogP contribution in [0.15, 0.2) is 30.5 Å². The van der Waals surface area contributed by atoms with Gasteiger partial charge in [0.1, 0.15) is 12.8 Å². The maximum atomic E-state index is 12.6. The minimum Gasteiger partial charge on any atom is -0.493 e. The van der Waals surface area contributed by atoms with Crippen LogP contribution in [0.1, 0.15) is 34.6 Å². The number of benzene rings is 1. The van der Waals surface area contributed by atoms with Crippen LogP contribution in [0.25, 0.3) is 0 Å². The second-order valence-corrected chi connectivity index (χ2v) is 6.03. The zero-order valence-corrected chi connectivity index (χ0v) is 16.2. The van der Waals surface area contributed by atoms with E-state index in [4.69, 9.17) is 14.2 Å². The molecule has 1 amide bonds. The Bertz CT molecular complexity index is 856. The molecule has 0 radical (unpaired) electrons. The lowest BCUT2D eigenvalue weighted by atomic mass is 10.1. The van der Waals surface area contributed by atoms with E-state index in [-0.39, 0.29) is 17.3 Å². The molecule has 1 atom stereocenters. The number of pyridine rings is 1. The lowest BCUT2D eigenvalue weighted by Gasteiger charge is -2.17. The molecule has 2 aromatic rings. The molecule has 0 saturated carbocycles. The summed E-state index contributed by atoms with van der Waals surface area (Å²) in [5, 5.41) is 13.8. The number of aryl methyl sites for hydroxylation is 1. The normalized spacial score (nSPS) is 11.6. The molecule has 9 nitrogen and oxygen atoms in total. The highest BCUT2D eigenvalue weighted by Gasteiger charge is 2.19. The van der Waals surface area contributed by atoms with Gasteiger partial charge in [-0.1, -0.05) is 6.07 Å². The Labute approximate surface area is 162 Å². The number of carbonyl (C=O) groups is 1. The number of nitrogens with zero attached hydrogens (tertiary/aromatic N) is 2. The van der Waals surface area contributed by atoms with Gasteiger partial charge in [-0.25, -0.2) is 0 Å². The quantitative estimate of drug-likeness (QED) is 0.398. The van der Waals surface area contributed by atoms with Gasteiger partial charge in [0.25, 0.3) is 11.6 Å². The lowest BCUT2D eigenvalue weighted by Crippen LogP contribution is -2.27. The second kappa shape index (κ2) is 9.65. The first-order valence-electron chi connectivity index (χ1n) is 8.59. The van der Waals surface area contributed by atoms with Crippen molar-refractivity contribution in [3.8, 4) is 11.5 Å². The number of hydrogen-bond acceptors (Lipinski definition) is 7. The van der Waals surface area contributed by atoms with Crippen LogP contribution in [-0.2, 0) is 4.74 Å². The zero-order valence-electron chi connectivity index (χ0n) is 16.2. The van der Waals surface area contributed by atoms with Gasteiger partial charge in [-0.15, -0.1) is 0 Å². The Balaban J connectivity index is 2.16. The Morgan fingerprint density at radius 3 is 2.64 bits per heavy atom. The van der Waals surface area contributed by atoms with E-state index in [2.05, 4.69) is 10.3 Å². The number of ether oxygens (including phenoxy) is 3. The highest BCUT2D eigenvalue weighted by atomic mass is 16.6. The third-order valence-electron chi connectivity index (χ3n) is 4.11. The number of amides is 1. The number of rotatable bonds is 9. The highest BCUT2D eigenvalue weighted by Crippen LogP contribution is 2.30. The fourth-order valence-corrected chi connectivity index (χ4v) is 2.52. The third kappa shape index (κ3) is 5.17. The van der Waals surface area contributed by atoms with Crippen molar-refractivity contribution >= 4 is 11.6 Å². The van der Waals surface area contributed by atoms with Crippen LogP contribution in [0, 0.1) is 17.0 Å². The van der Waals surface area contributed by atoms with E-state index in [9.17, 15) is 14.9 Å². The molecular weight excluding hydrogens is 366 g/mol. The highest BCUT2D eigenvalue weighted by molar-refractivity contribution is 5.96.